The number of hydrogen-bond acceptors (Lipinski definition) is 2. The van der Waals surface area contributed by atoms with Gasteiger partial charge in [0.25, 0.3) is 0 Å². The fourth-order valence-corrected chi connectivity index (χ4v) is 1.81. The molecule has 1 unspecified atom stereocenters. The third kappa shape index (κ3) is 3.59. The second-order valence-corrected chi connectivity index (χ2v) is 3.59. The summed E-state index contributed by atoms with van der Waals surface area (Å²) >= 11 is 0. The van der Waals surface area contributed by atoms with E-state index in [0.717, 1.165) is 31.8 Å². The van der Waals surface area contributed by atoms with Crippen LogP contribution < -0.4 is 0 Å². The summed E-state index contributed by atoms with van der Waals surface area (Å²) in [6.45, 7) is 0. The molecular formula is C10H16O3. The Bertz CT molecular complexity index is 192. The van der Waals surface area contributed by atoms with Gasteiger partial charge in [-0.05, 0) is 24.8 Å². The fourth-order valence-electron chi connectivity index (χ4n) is 1.81. The number of aliphatic hydroxyl groups excluding tert-OH is 1. The van der Waals surface area contributed by atoms with Gasteiger partial charge in [-0.2, -0.15) is 0 Å². The van der Waals surface area contributed by atoms with Crippen LogP contribution >= 0.6 is 0 Å². The molecule has 0 radical (unpaired) electrons. The highest BCUT2D eigenvalue weighted by Gasteiger charge is 2.19. The Labute approximate surface area is 78.1 Å². The Kier molecular flexibility index (Phi) is 3.96. The van der Waals surface area contributed by atoms with Crippen molar-refractivity contribution in [2.45, 2.75) is 38.2 Å². The van der Waals surface area contributed by atoms with Crippen LogP contribution in [0.3, 0.4) is 0 Å². The average molecular weight is 184 g/mol. The number of carboxylic acids is 1. The van der Waals surface area contributed by atoms with E-state index in [4.69, 9.17) is 5.11 Å². The molecule has 0 aromatic heterocycles. The number of carboxylic acid groups (broad SMARTS) is 1. The molecule has 0 saturated heterocycles. The zero-order valence-corrected chi connectivity index (χ0v) is 7.65. The van der Waals surface area contributed by atoms with Crippen LogP contribution in [0.1, 0.15) is 32.1 Å². The minimum absolute atomic E-state index is 0.268. The van der Waals surface area contributed by atoms with Crippen LogP contribution in [0.15, 0.2) is 12.2 Å². The highest BCUT2D eigenvalue weighted by molar-refractivity contribution is 5.79. The minimum atomic E-state index is -0.991. The first-order chi connectivity index (χ1) is 6.20. The quantitative estimate of drug-likeness (QED) is 0.654. The molecule has 3 nitrogen and oxygen atoms in total. The standard InChI is InChI=1S/C10H16O3/c11-9(6-7-10(12)13)8-4-2-1-3-5-8/h6-9,11H,1-5H2,(H,12,13)/b7-6+. The second-order valence-electron chi connectivity index (χ2n) is 3.59. The van der Waals surface area contributed by atoms with E-state index in [9.17, 15) is 9.90 Å². The van der Waals surface area contributed by atoms with Gasteiger partial charge in [0.1, 0.15) is 0 Å². The normalized spacial score (nSPS) is 21.9. The summed E-state index contributed by atoms with van der Waals surface area (Å²) in [6.07, 6.45) is 7.43. The van der Waals surface area contributed by atoms with E-state index in [2.05, 4.69) is 0 Å². The predicted octanol–water partition coefficient (Wildman–Crippen LogP) is 1.57. The SMILES string of the molecule is O=C(O)/C=C/C(O)C1CCCCC1. The molecule has 0 bridgehead atoms. The molecule has 1 fully saturated rings. The maximum Gasteiger partial charge on any atom is 0.328 e. The molecule has 0 amide bonds. The number of aliphatic hydroxyl groups is 1. The van der Waals surface area contributed by atoms with Crippen LogP contribution in [0.2, 0.25) is 0 Å². The van der Waals surface area contributed by atoms with Crippen molar-refractivity contribution in [2.24, 2.45) is 5.92 Å². The average Bonchev–Trinajstić information content (AvgIpc) is 2.15. The molecule has 0 aliphatic heterocycles. The summed E-state index contributed by atoms with van der Waals surface area (Å²) in [7, 11) is 0. The Morgan fingerprint density at radius 3 is 2.46 bits per heavy atom. The van der Waals surface area contributed by atoms with E-state index in [1.165, 1.54) is 12.5 Å². The van der Waals surface area contributed by atoms with Crippen LogP contribution in [-0.4, -0.2) is 22.3 Å². The Balaban J connectivity index is 2.36. The zero-order valence-electron chi connectivity index (χ0n) is 7.65. The van der Waals surface area contributed by atoms with Crippen LogP contribution in [0.25, 0.3) is 0 Å². The molecule has 1 aliphatic rings. The summed E-state index contributed by atoms with van der Waals surface area (Å²) in [4.78, 5) is 10.2. The van der Waals surface area contributed by atoms with Crippen molar-refractivity contribution in [1.82, 2.24) is 0 Å². The summed E-state index contributed by atoms with van der Waals surface area (Å²) in [5.74, 6) is -0.723. The van der Waals surface area contributed by atoms with E-state index in [-0.39, 0.29) is 5.92 Å². The van der Waals surface area contributed by atoms with Crippen molar-refractivity contribution in [3.05, 3.63) is 12.2 Å². The summed E-state index contributed by atoms with van der Waals surface area (Å²) in [5.41, 5.74) is 0. The molecule has 3 heteroatoms. The molecule has 0 aromatic carbocycles. The van der Waals surface area contributed by atoms with Crippen LogP contribution in [-0.2, 0) is 4.79 Å². The topological polar surface area (TPSA) is 57.5 Å². The maximum absolute atomic E-state index is 10.2. The monoisotopic (exact) mass is 184 g/mol. The molecule has 2 N–H and O–H groups in total. The first-order valence-electron chi connectivity index (χ1n) is 4.79. The van der Waals surface area contributed by atoms with Gasteiger partial charge >= 0.3 is 5.97 Å². The van der Waals surface area contributed by atoms with Crippen molar-refractivity contribution in [1.29, 1.82) is 0 Å². The van der Waals surface area contributed by atoms with E-state index in [1.807, 2.05) is 0 Å². The molecule has 1 rings (SSSR count). The van der Waals surface area contributed by atoms with Crippen LogP contribution in [0.5, 0.6) is 0 Å². The van der Waals surface area contributed by atoms with Gasteiger partial charge in [0.2, 0.25) is 0 Å². The lowest BCUT2D eigenvalue weighted by Gasteiger charge is -2.24. The summed E-state index contributed by atoms with van der Waals surface area (Å²) < 4.78 is 0. The van der Waals surface area contributed by atoms with E-state index >= 15 is 0 Å². The molecule has 0 aromatic rings. The van der Waals surface area contributed by atoms with Crippen molar-refractivity contribution < 1.29 is 15.0 Å². The molecule has 1 aliphatic carbocycles. The van der Waals surface area contributed by atoms with Crippen molar-refractivity contribution in [2.75, 3.05) is 0 Å². The molecule has 1 saturated carbocycles. The minimum Gasteiger partial charge on any atom is -0.478 e. The molecule has 0 heterocycles. The summed E-state index contributed by atoms with van der Waals surface area (Å²) in [5, 5.41) is 17.9. The molecule has 0 spiro atoms. The van der Waals surface area contributed by atoms with Gasteiger partial charge in [-0.3, -0.25) is 0 Å². The van der Waals surface area contributed by atoms with Gasteiger partial charge < -0.3 is 10.2 Å². The van der Waals surface area contributed by atoms with E-state index in [1.54, 1.807) is 0 Å². The first-order valence-corrected chi connectivity index (χ1v) is 4.79. The third-order valence-electron chi connectivity index (χ3n) is 2.57. The van der Waals surface area contributed by atoms with Gasteiger partial charge in [0, 0.05) is 6.08 Å². The van der Waals surface area contributed by atoms with Gasteiger partial charge in [0.15, 0.2) is 0 Å². The lowest BCUT2D eigenvalue weighted by atomic mass is 9.85. The van der Waals surface area contributed by atoms with Gasteiger partial charge in [-0.1, -0.05) is 19.3 Å². The van der Waals surface area contributed by atoms with E-state index < -0.39 is 12.1 Å². The number of rotatable bonds is 3. The number of hydrogen-bond donors (Lipinski definition) is 2. The van der Waals surface area contributed by atoms with Gasteiger partial charge in [-0.15, -0.1) is 0 Å². The van der Waals surface area contributed by atoms with Crippen LogP contribution in [0, 0.1) is 5.92 Å². The Morgan fingerprint density at radius 1 is 1.31 bits per heavy atom. The molecule has 1 atom stereocenters. The zero-order chi connectivity index (χ0) is 9.68. The maximum atomic E-state index is 10.2. The van der Waals surface area contributed by atoms with Crippen molar-refractivity contribution in [3.63, 3.8) is 0 Å². The van der Waals surface area contributed by atoms with Crippen molar-refractivity contribution in [3.8, 4) is 0 Å². The van der Waals surface area contributed by atoms with Gasteiger partial charge in [0.05, 0.1) is 6.10 Å². The van der Waals surface area contributed by atoms with Gasteiger partial charge in [-0.25, -0.2) is 4.79 Å². The lowest BCUT2D eigenvalue weighted by Crippen LogP contribution is -2.20. The largest absolute Gasteiger partial charge is 0.478 e. The highest BCUT2D eigenvalue weighted by atomic mass is 16.4. The third-order valence-corrected chi connectivity index (χ3v) is 2.57. The molecule has 13 heavy (non-hydrogen) atoms. The second kappa shape index (κ2) is 5.02. The number of aliphatic carboxylic acids is 1. The highest BCUT2D eigenvalue weighted by Crippen LogP contribution is 2.26. The lowest BCUT2D eigenvalue weighted by molar-refractivity contribution is -0.131. The fraction of sp³-hybridized carbons (Fsp3) is 0.700. The molecule has 74 valence electrons. The van der Waals surface area contributed by atoms with Crippen molar-refractivity contribution >= 4 is 5.97 Å². The van der Waals surface area contributed by atoms with E-state index in [0.29, 0.717) is 0 Å². The smallest absolute Gasteiger partial charge is 0.328 e. The number of carbonyl (C=O) groups is 1. The Hall–Kier alpha value is -0.830. The van der Waals surface area contributed by atoms with Crippen LogP contribution in [0.4, 0.5) is 0 Å². The molecular weight excluding hydrogens is 168 g/mol. The first kappa shape index (κ1) is 10.3. The summed E-state index contributed by atoms with van der Waals surface area (Å²) in [6, 6.07) is 0. The predicted molar refractivity (Wildman–Crippen MR) is 49.4 cm³/mol. The Morgan fingerprint density at radius 2 is 1.92 bits per heavy atom.